The average Bonchev–Trinajstić information content (AvgIpc) is 3.26. The second-order valence-electron chi connectivity index (χ2n) is 7.81. The Kier molecular flexibility index (Phi) is 8.87. The maximum Gasteiger partial charge on any atom is 0.290 e. The fourth-order valence-corrected chi connectivity index (χ4v) is 3.78. The highest BCUT2D eigenvalue weighted by Crippen LogP contribution is 2.17. The third kappa shape index (κ3) is 6.58. The van der Waals surface area contributed by atoms with Crippen molar-refractivity contribution >= 4 is 18.0 Å². The number of nitrogens with one attached hydrogen (secondary N) is 1. The first kappa shape index (κ1) is 24.3. The van der Waals surface area contributed by atoms with E-state index < -0.39 is 6.10 Å². The number of hydrogen-bond acceptors (Lipinski definition) is 7. The first-order valence-electron chi connectivity index (χ1n) is 10.7. The van der Waals surface area contributed by atoms with Crippen molar-refractivity contribution in [1.82, 2.24) is 24.8 Å². The number of benzene rings is 1. The predicted octanol–water partition coefficient (Wildman–Crippen LogP) is 0.853. The van der Waals surface area contributed by atoms with Crippen LogP contribution in [0.3, 0.4) is 0 Å². The van der Waals surface area contributed by atoms with Crippen LogP contribution in [-0.2, 0) is 16.0 Å². The number of imidazole rings is 1. The van der Waals surface area contributed by atoms with Gasteiger partial charge in [-0.2, -0.15) is 5.10 Å². The van der Waals surface area contributed by atoms with E-state index in [1.54, 1.807) is 18.3 Å². The summed E-state index contributed by atoms with van der Waals surface area (Å²) in [4.78, 5) is 27.5. The molecule has 0 spiro atoms. The van der Waals surface area contributed by atoms with Gasteiger partial charge in [0.25, 0.3) is 12.4 Å². The van der Waals surface area contributed by atoms with Gasteiger partial charge in [0.2, 0.25) is 0 Å². The summed E-state index contributed by atoms with van der Waals surface area (Å²) in [5, 5.41) is 24.8. The summed E-state index contributed by atoms with van der Waals surface area (Å²) in [5.41, 5.74) is 2.23. The molecule has 1 saturated heterocycles. The van der Waals surface area contributed by atoms with Crippen molar-refractivity contribution in [2.24, 2.45) is 0 Å². The molecule has 0 aliphatic carbocycles. The Morgan fingerprint density at radius 3 is 2.82 bits per heavy atom. The number of ether oxygens (including phenoxy) is 1. The molecule has 2 aromatic heterocycles. The van der Waals surface area contributed by atoms with Crippen LogP contribution in [0.1, 0.15) is 22.5 Å². The molecule has 1 aliphatic rings. The Hall–Kier alpha value is -3.34. The maximum atomic E-state index is 12.7. The second kappa shape index (κ2) is 12.0. The molecule has 1 aliphatic heterocycles. The van der Waals surface area contributed by atoms with Crippen molar-refractivity contribution in [3.05, 3.63) is 66.1 Å². The minimum absolute atomic E-state index is 0.250. The summed E-state index contributed by atoms with van der Waals surface area (Å²) in [5.74, 6) is -0.302. The van der Waals surface area contributed by atoms with E-state index in [4.69, 9.17) is 14.6 Å². The Morgan fingerprint density at radius 2 is 2.06 bits per heavy atom. The van der Waals surface area contributed by atoms with Gasteiger partial charge in [-0.1, -0.05) is 30.3 Å². The van der Waals surface area contributed by atoms with E-state index in [2.05, 4.69) is 32.4 Å². The molecule has 3 heterocycles. The van der Waals surface area contributed by atoms with Crippen LogP contribution in [0.15, 0.2) is 54.9 Å². The van der Waals surface area contributed by atoms with Gasteiger partial charge in [0, 0.05) is 25.9 Å². The number of fused-ring (bicyclic) bond motifs is 1. The number of aliphatic hydroxyl groups excluding tert-OH is 1. The smallest absolute Gasteiger partial charge is 0.290 e. The first-order valence-corrected chi connectivity index (χ1v) is 10.7. The summed E-state index contributed by atoms with van der Waals surface area (Å²) in [6.07, 6.45) is 3.45. The van der Waals surface area contributed by atoms with Crippen LogP contribution in [0, 0.1) is 0 Å². The van der Waals surface area contributed by atoms with Crippen molar-refractivity contribution in [2.75, 3.05) is 26.7 Å². The summed E-state index contributed by atoms with van der Waals surface area (Å²) in [7, 11) is 2.02. The van der Waals surface area contributed by atoms with Crippen molar-refractivity contribution < 1.29 is 24.5 Å². The number of amides is 1. The van der Waals surface area contributed by atoms with Gasteiger partial charge in [-0.05, 0) is 37.6 Å². The minimum Gasteiger partial charge on any atom is -0.483 e. The summed E-state index contributed by atoms with van der Waals surface area (Å²) >= 11 is 0. The molecule has 4 rings (SSSR count). The molecule has 33 heavy (non-hydrogen) atoms. The number of rotatable bonds is 7. The molecule has 0 radical (unpaired) electrons. The van der Waals surface area contributed by atoms with Gasteiger partial charge in [-0.15, -0.1) is 0 Å². The second-order valence-corrected chi connectivity index (χ2v) is 7.81. The molecule has 176 valence electrons. The Morgan fingerprint density at radius 1 is 1.30 bits per heavy atom. The molecule has 0 bridgehead atoms. The highest BCUT2D eigenvalue weighted by Gasteiger charge is 2.34. The standard InChI is InChI=1S/C22H27N5O3.CH2O2/c1-26(12-9-16-6-3-2-4-7-16)15-19-21(28)17(10-13-30-19)25-22(29)18-14-23-20-8-5-11-24-27(18)20;2-1-3/h2-8,11,14,17,19,21,28H,9-10,12-13,15H2,1H3,(H,25,29);1H,(H,2,3)/t17-,19+,21-;/m0./s1. The Bertz CT molecular complexity index is 1030. The highest BCUT2D eigenvalue weighted by molar-refractivity contribution is 5.93. The van der Waals surface area contributed by atoms with Gasteiger partial charge in [-0.3, -0.25) is 9.59 Å². The molecule has 10 nitrogen and oxygen atoms in total. The fourth-order valence-electron chi connectivity index (χ4n) is 3.78. The van der Waals surface area contributed by atoms with Crippen LogP contribution >= 0.6 is 0 Å². The van der Waals surface area contributed by atoms with Gasteiger partial charge in [0.05, 0.1) is 18.3 Å². The van der Waals surface area contributed by atoms with Gasteiger partial charge >= 0.3 is 0 Å². The van der Waals surface area contributed by atoms with E-state index >= 15 is 0 Å². The van der Waals surface area contributed by atoms with E-state index in [0.717, 1.165) is 13.0 Å². The third-order valence-electron chi connectivity index (χ3n) is 5.50. The van der Waals surface area contributed by atoms with Crippen molar-refractivity contribution in [3.8, 4) is 0 Å². The first-order chi connectivity index (χ1) is 16.0. The molecule has 0 saturated carbocycles. The monoisotopic (exact) mass is 455 g/mol. The number of hydrogen-bond donors (Lipinski definition) is 3. The van der Waals surface area contributed by atoms with Crippen LogP contribution < -0.4 is 5.32 Å². The number of carboxylic acid groups (broad SMARTS) is 1. The number of aliphatic hydroxyl groups is 1. The normalized spacial score (nSPS) is 20.2. The number of aromatic nitrogens is 3. The number of nitrogens with zero attached hydrogens (tertiary/aromatic N) is 4. The van der Waals surface area contributed by atoms with E-state index in [0.29, 0.717) is 30.9 Å². The van der Waals surface area contributed by atoms with Crippen molar-refractivity contribution in [3.63, 3.8) is 0 Å². The molecule has 3 aromatic rings. The van der Waals surface area contributed by atoms with E-state index in [-0.39, 0.29) is 24.5 Å². The maximum absolute atomic E-state index is 12.7. The highest BCUT2D eigenvalue weighted by atomic mass is 16.5. The molecule has 1 aromatic carbocycles. The largest absolute Gasteiger partial charge is 0.483 e. The number of carbonyl (C=O) groups is 2. The average molecular weight is 456 g/mol. The van der Waals surface area contributed by atoms with Crippen LogP contribution in [0.25, 0.3) is 5.65 Å². The predicted molar refractivity (Wildman–Crippen MR) is 121 cm³/mol. The zero-order chi connectivity index (χ0) is 23.6. The minimum atomic E-state index is -0.783. The van der Waals surface area contributed by atoms with Crippen molar-refractivity contribution in [1.29, 1.82) is 0 Å². The topological polar surface area (TPSA) is 129 Å². The molecule has 3 N–H and O–H groups in total. The SMILES string of the molecule is CN(CCc1ccccc1)C[C@H]1OCC[C@H](NC(=O)c2cnc3cccnn23)[C@@H]1O.O=CO. The summed E-state index contributed by atoms with van der Waals surface area (Å²) < 4.78 is 7.31. The van der Waals surface area contributed by atoms with Gasteiger partial charge in [0.1, 0.15) is 11.8 Å². The van der Waals surface area contributed by atoms with Crippen molar-refractivity contribution in [2.45, 2.75) is 31.1 Å². The summed E-state index contributed by atoms with van der Waals surface area (Å²) in [6.45, 7) is 1.70. The third-order valence-corrected chi connectivity index (χ3v) is 5.50. The molecule has 1 amide bonds. The zero-order valence-corrected chi connectivity index (χ0v) is 18.4. The lowest BCUT2D eigenvalue weighted by Crippen LogP contribution is -2.56. The summed E-state index contributed by atoms with van der Waals surface area (Å²) in [6, 6.07) is 13.5. The van der Waals surface area contributed by atoms with E-state index in [1.807, 2.05) is 25.2 Å². The Labute approximate surface area is 191 Å². The molecule has 10 heteroatoms. The Balaban J connectivity index is 0.000000968. The van der Waals surface area contributed by atoms with E-state index in [9.17, 15) is 9.90 Å². The number of likely N-dealkylation sites (N-methyl/N-ethyl adjacent to an activating group) is 1. The lowest BCUT2D eigenvalue weighted by molar-refractivity contribution is -0.122. The van der Waals surface area contributed by atoms with Crippen LogP contribution in [-0.4, -0.2) is 87.1 Å². The quantitative estimate of drug-likeness (QED) is 0.447. The lowest BCUT2D eigenvalue weighted by atomic mass is 9.98. The van der Waals surface area contributed by atoms with Crippen LogP contribution in [0.5, 0.6) is 0 Å². The fraction of sp³-hybridized carbons (Fsp3) is 0.391. The van der Waals surface area contributed by atoms with Crippen LogP contribution in [0.2, 0.25) is 0 Å². The lowest BCUT2D eigenvalue weighted by Gasteiger charge is -2.37. The molecular formula is C23H29N5O5. The molecule has 0 unspecified atom stereocenters. The molecule has 3 atom stereocenters. The molecular weight excluding hydrogens is 426 g/mol. The van der Waals surface area contributed by atoms with Crippen LogP contribution in [0.4, 0.5) is 0 Å². The zero-order valence-electron chi connectivity index (χ0n) is 18.4. The van der Waals surface area contributed by atoms with Gasteiger partial charge in [0.15, 0.2) is 5.65 Å². The van der Waals surface area contributed by atoms with E-state index in [1.165, 1.54) is 16.3 Å². The number of carbonyl (C=O) groups excluding carboxylic acids is 1. The van der Waals surface area contributed by atoms with Gasteiger partial charge in [-0.25, -0.2) is 9.50 Å². The van der Waals surface area contributed by atoms with Gasteiger partial charge < -0.3 is 25.2 Å². The molecule has 1 fully saturated rings.